The molecule has 1 aromatic heterocycles. The van der Waals surface area contributed by atoms with E-state index >= 15 is 0 Å². The van der Waals surface area contributed by atoms with Gasteiger partial charge in [0.25, 0.3) is 5.91 Å². The fourth-order valence-corrected chi connectivity index (χ4v) is 4.30. The zero-order valence-corrected chi connectivity index (χ0v) is 17.2. The maximum Gasteiger partial charge on any atom is 0.260 e. The summed E-state index contributed by atoms with van der Waals surface area (Å²) in [7, 11) is 0. The predicted molar refractivity (Wildman–Crippen MR) is 106 cm³/mol. The molecule has 0 radical (unpaired) electrons. The number of fused-ring (bicyclic) bond motifs is 1. The molecular weight excluding hydrogens is 370 g/mol. The van der Waals surface area contributed by atoms with Crippen LogP contribution in [-0.2, 0) is 22.7 Å². The van der Waals surface area contributed by atoms with Gasteiger partial charge in [-0.1, -0.05) is 18.2 Å². The molecule has 3 heterocycles. The van der Waals surface area contributed by atoms with Crippen LogP contribution in [0.2, 0.25) is 0 Å². The van der Waals surface area contributed by atoms with Gasteiger partial charge in [0.05, 0.1) is 12.6 Å². The maximum atomic E-state index is 12.7. The zero-order valence-electron chi connectivity index (χ0n) is 17.2. The Hall–Kier alpha value is -2.90. The molecule has 1 saturated heterocycles. The molecule has 0 aliphatic carbocycles. The molecular formula is C21H27N5O3. The van der Waals surface area contributed by atoms with Crippen LogP contribution in [0.4, 0.5) is 0 Å². The van der Waals surface area contributed by atoms with Crippen molar-refractivity contribution in [3.05, 3.63) is 41.0 Å². The van der Waals surface area contributed by atoms with E-state index in [9.17, 15) is 9.59 Å². The van der Waals surface area contributed by atoms with Gasteiger partial charge >= 0.3 is 0 Å². The lowest BCUT2D eigenvalue weighted by Gasteiger charge is -2.30. The van der Waals surface area contributed by atoms with Gasteiger partial charge in [-0.15, -0.1) is 10.2 Å². The number of nitrogens with zero attached hydrogens (tertiary/aromatic N) is 5. The van der Waals surface area contributed by atoms with E-state index in [0.717, 1.165) is 47.9 Å². The molecule has 29 heavy (non-hydrogen) atoms. The Morgan fingerprint density at radius 1 is 1.14 bits per heavy atom. The molecule has 1 atom stereocenters. The molecule has 0 spiro atoms. The van der Waals surface area contributed by atoms with Crippen LogP contribution in [0.1, 0.15) is 48.6 Å². The number of carbonyl (C=O) groups is 2. The maximum absolute atomic E-state index is 12.7. The summed E-state index contributed by atoms with van der Waals surface area (Å²) in [6.07, 6.45) is 1.89. The largest absolute Gasteiger partial charge is 0.483 e. The summed E-state index contributed by atoms with van der Waals surface area (Å²) in [4.78, 5) is 28.2. The van der Waals surface area contributed by atoms with Gasteiger partial charge in [0.1, 0.15) is 5.75 Å². The third-order valence-corrected chi connectivity index (χ3v) is 5.84. The van der Waals surface area contributed by atoms with Gasteiger partial charge in [0.2, 0.25) is 5.91 Å². The fourth-order valence-electron chi connectivity index (χ4n) is 4.30. The molecule has 0 bridgehead atoms. The van der Waals surface area contributed by atoms with Crippen LogP contribution in [-0.4, -0.2) is 56.1 Å². The molecule has 8 heteroatoms. The summed E-state index contributed by atoms with van der Waals surface area (Å²) >= 11 is 0. The lowest BCUT2D eigenvalue weighted by atomic mass is 10.1. The normalized spacial score (nSPS) is 18.7. The van der Waals surface area contributed by atoms with Crippen LogP contribution in [0.5, 0.6) is 5.75 Å². The van der Waals surface area contributed by atoms with Gasteiger partial charge < -0.3 is 19.1 Å². The standard InChI is InChI=1S/C21H27N5O3/c1-14-6-4-7-15(2)20(14)29-13-19(28)24-10-11-26-18(12-24)22-23-21(26)17-8-5-9-25(17)16(3)27/h4,6-7,17H,5,8-13H2,1-3H3/t17-/m1/s1. The number of aryl methyl sites for hydroxylation is 2. The van der Waals surface area contributed by atoms with E-state index in [2.05, 4.69) is 14.8 Å². The number of amides is 2. The summed E-state index contributed by atoms with van der Waals surface area (Å²) in [5.74, 6) is 2.39. The van der Waals surface area contributed by atoms with Gasteiger partial charge in [-0.25, -0.2) is 0 Å². The average molecular weight is 397 g/mol. The van der Waals surface area contributed by atoms with E-state index in [4.69, 9.17) is 4.74 Å². The molecule has 8 nitrogen and oxygen atoms in total. The van der Waals surface area contributed by atoms with Gasteiger partial charge in [-0.05, 0) is 37.8 Å². The number of para-hydroxylation sites is 1. The highest BCUT2D eigenvalue weighted by molar-refractivity contribution is 5.78. The summed E-state index contributed by atoms with van der Waals surface area (Å²) in [5, 5.41) is 8.69. The number of likely N-dealkylation sites (tertiary alicyclic amines) is 1. The molecule has 4 rings (SSSR count). The monoisotopic (exact) mass is 397 g/mol. The molecule has 1 aromatic carbocycles. The predicted octanol–water partition coefficient (Wildman–Crippen LogP) is 2.00. The Morgan fingerprint density at radius 2 is 1.90 bits per heavy atom. The smallest absolute Gasteiger partial charge is 0.260 e. The Kier molecular flexibility index (Phi) is 5.25. The van der Waals surface area contributed by atoms with Crippen molar-refractivity contribution in [1.82, 2.24) is 24.6 Å². The van der Waals surface area contributed by atoms with Crippen molar-refractivity contribution >= 4 is 11.8 Å². The first-order valence-corrected chi connectivity index (χ1v) is 10.1. The van der Waals surface area contributed by atoms with Crippen molar-refractivity contribution < 1.29 is 14.3 Å². The summed E-state index contributed by atoms with van der Waals surface area (Å²) < 4.78 is 7.89. The van der Waals surface area contributed by atoms with E-state index in [1.165, 1.54) is 0 Å². The molecule has 0 N–H and O–H groups in total. The van der Waals surface area contributed by atoms with Crippen LogP contribution in [0.15, 0.2) is 18.2 Å². The van der Waals surface area contributed by atoms with Crippen LogP contribution >= 0.6 is 0 Å². The van der Waals surface area contributed by atoms with Gasteiger partial charge in [-0.3, -0.25) is 9.59 Å². The van der Waals surface area contributed by atoms with Crippen LogP contribution in [0.3, 0.4) is 0 Å². The molecule has 2 aliphatic rings. The third-order valence-electron chi connectivity index (χ3n) is 5.84. The van der Waals surface area contributed by atoms with E-state index in [1.807, 2.05) is 36.9 Å². The third kappa shape index (κ3) is 3.71. The molecule has 0 unspecified atom stereocenters. The highest BCUT2D eigenvalue weighted by Crippen LogP contribution is 2.32. The first-order valence-electron chi connectivity index (χ1n) is 10.1. The first-order chi connectivity index (χ1) is 14.0. The zero-order chi connectivity index (χ0) is 20.5. The van der Waals surface area contributed by atoms with Crippen molar-refractivity contribution in [2.45, 2.75) is 52.7 Å². The Labute approximate surface area is 170 Å². The lowest BCUT2D eigenvalue weighted by molar-refractivity contribution is -0.134. The van der Waals surface area contributed by atoms with E-state index in [-0.39, 0.29) is 24.5 Å². The van der Waals surface area contributed by atoms with Crippen molar-refractivity contribution in [2.75, 3.05) is 19.7 Å². The van der Waals surface area contributed by atoms with Gasteiger partial charge in [0.15, 0.2) is 18.3 Å². The Balaban J connectivity index is 1.42. The summed E-state index contributed by atoms with van der Waals surface area (Å²) in [5.41, 5.74) is 2.04. The minimum atomic E-state index is -0.0605. The number of hydrogen-bond acceptors (Lipinski definition) is 5. The van der Waals surface area contributed by atoms with Crippen LogP contribution in [0.25, 0.3) is 0 Å². The van der Waals surface area contributed by atoms with Crippen LogP contribution < -0.4 is 4.74 Å². The second-order valence-electron chi connectivity index (χ2n) is 7.82. The number of carbonyl (C=O) groups excluding carboxylic acids is 2. The van der Waals surface area contributed by atoms with Crippen molar-refractivity contribution in [3.63, 3.8) is 0 Å². The number of ether oxygens (including phenoxy) is 1. The van der Waals surface area contributed by atoms with Gasteiger partial charge in [0, 0.05) is 26.6 Å². The molecule has 0 saturated carbocycles. The van der Waals surface area contributed by atoms with E-state index < -0.39 is 0 Å². The molecule has 2 aromatic rings. The van der Waals surface area contributed by atoms with Crippen molar-refractivity contribution in [3.8, 4) is 5.75 Å². The SMILES string of the molecule is CC(=O)N1CCC[C@@H]1c1nnc2n1CCN(C(=O)COc1c(C)cccc1C)C2. The Bertz CT molecular complexity index is 918. The highest BCUT2D eigenvalue weighted by Gasteiger charge is 2.34. The number of aromatic nitrogens is 3. The van der Waals surface area contributed by atoms with Crippen molar-refractivity contribution in [1.29, 1.82) is 0 Å². The number of hydrogen-bond donors (Lipinski definition) is 0. The van der Waals surface area contributed by atoms with Gasteiger partial charge in [-0.2, -0.15) is 0 Å². The molecule has 2 amide bonds. The average Bonchev–Trinajstić information content (AvgIpc) is 3.33. The van der Waals surface area contributed by atoms with E-state index in [0.29, 0.717) is 19.6 Å². The lowest BCUT2D eigenvalue weighted by Crippen LogP contribution is -2.41. The van der Waals surface area contributed by atoms with E-state index in [1.54, 1.807) is 11.8 Å². The van der Waals surface area contributed by atoms with Crippen LogP contribution in [0, 0.1) is 13.8 Å². The Morgan fingerprint density at radius 3 is 2.62 bits per heavy atom. The fraction of sp³-hybridized carbons (Fsp3) is 0.524. The quantitative estimate of drug-likeness (QED) is 0.788. The van der Waals surface area contributed by atoms with Crippen molar-refractivity contribution in [2.24, 2.45) is 0 Å². The molecule has 154 valence electrons. The summed E-state index contributed by atoms with van der Waals surface area (Å²) in [6, 6.07) is 5.92. The highest BCUT2D eigenvalue weighted by atomic mass is 16.5. The summed E-state index contributed by atoms with van der Waals surface area (Å²) in [6.45, 7) is 7.96. The second kappa shape index (κ2) is 7.85. The molecule has 2 aliphatic heterocycles. The first kappa shape index (κ1) is 19.4. The topological polar surface area (TPSA) is 80.6 Å². The second-order valence-corrected chi connectivity index (χ2v) is 7.82. The number of benzene rings is 1. The minimum Gasteiger partial charge on any atom is -0.483 e. The molecule has 1 fully saturated rings. The number of rotatable bonds is 4. The minimum absolute atomic E-state index is 0.00737.